The Morgan fingerprint density at radius 1 is 1.09 bits per heavy atom. The van der Waals surface area contributed by atoms with E-state index in [-0.39, 0.29) is 18.3 Å². The van der Waals surface area contributed by atoms with Crippen LogP contribution >= 0.6 is 0 Å². The second kappa shape index (κ2) is 10.8. The number of carbonyl (C=O) groups is 1. The fraction of sp³-hybridized carbons (Fsp3) is 0.538. The Hall–Kier alpha value is -3.16. The van der Waals surface area contributed by atoms with Crippen molar-refractivity contribution in [1.29, 1.82) is 0 Å². The van der Waals surface area contributed by atoms with Crippen molar-refractivity contribution < 1.29 is 19.1 Å². The van der Waals surface area contributed by atoms with Gasteiger partial charge in [0.2, 0.25) is 5.88 Å². The predicted octanol–water partition coefficient (Wildman–Crippen LogP) is 4.86. The van der Waals surface area contributed by atoms with Crippen LogP contribution in [-0.2, 0) is 17.6 Å². The molecule has 1 aliphatic heterocycles. The molecule has 8 heteroatoms. The summed E-state index contributed by atoms with van der Waals surface area (Å²) in [5.41, 5.74) is 5.42. The highest BCUT2D eigenvalue weighted by Crippen LogP contribution is 2.27. The van der Waals surface area contributed by atoms with Crippen molar-refractivity contribution in [3.8, 4) is 11.8 Å². The van der Waals surface area contributed by atoms with Gasteiger partial charge in [-0.2, -0.15) is 4.98 Å². The maximum Gasteiger partial charge on any atom is 0.410 e. The lowest BCUT2D eigenvalue weighted by Gasteiger charge is -2.31. The Morgan fingerprint density at radius 3 is 2.53 bits per heavy atom. The van der Waals surface area contributed by atoms with Crippen molar-refractivity contribution >= 4 is 11.8 Å². The molecule has 8 nitrogen and oxygen atoms in total. The molecule has 1 aromatic heterocycles. The molecule has 0 unspecified atom stereocenters. The number of amides is 1. The van der Waals surface area contributed by atoms with Gasteiger partial charge in [0, 0.05) is 25.9 Å². The van der Waals surface area contributed by atoms with Crippen LogP contribution < -0.4 is 9.57 Å². The van der Waals surface area contributed by atoms with E-state index in [1.165, 1.54) is 30.3 Å². The molecule has 0 spiro atoms. The monoisotopic (exact) mass is 466 g/mol. The topological polar surface area (TPSA) is 86.1 Å². The van der Waals surface area contributed by atoms with Gasteiger partial charge in [0.1, 0.15) is 12.4 Å². The standard InChI is InChI=1S/C26H34N4O4/c1-17(2)32-26(31)30-13-11-23(12-14-30)33-24-18(3)25(28-16-27-24)34-29-19(4)21-10-9-20-7-5-6-8-22(20)15-21/h9-10,15-17,23H,5-8,11-14H2,1-4H3/b29-19-. The maximum atomic E-state index is 12.1. The lowest BCUT2D eigenvalue weighted by Crippen LogP contribution is -2.42. The molecule has 1 aliphatic carbocycles. The zero-order valence-electron chi connectivity index (χ0n) is 20.5. The summed E-state index contributed by atoms with van der Waals surface area (Å²) >= 11 is 0. The Labute approximate surface area is 201 Å². The first-order valence-electron chi connectivity index (χ1n) is 12.2. The number of oxime groups is 1. The zero-order chi connectivity index (χ0) is 24.1. The minimum Gasteiger partial charge on any atom is -0.474 e. The Bertz CT molecular complexity index is 1050. The van der Waals surface area contributed by atoms with Gasteiger partial charge in [-0.25, -0.2) is 9.78 Å². The van der Waals surface area contributed by atoms with Gasteiger partial charge in [0.25, 0.3) is 5.88 Å². The van der Waals surface area contributed by atoms with Gasteiger partial charge in [-0.3, -0.25) is 0 Å². The SMILES string of the molecule is C/C(=N/Oc1ncnc(OC2CCN(C(=O)OC(C)C)CC2)c1C)c1ccc2c(c1)CCCC2. The number of nitrogens with zero attached hydrogens (tertiary/aromatic N) is 4. The molecule has 0 bridgehead atoms. The Morgan fingerprint density at radius 2 is 1.79 bits per heavy atom. The number of benzene rings is 1. The minimum absolute atomic E-state index is 0.0368. The van der Waals surface area contributed by atoms with Crippen LogP contribution in [0.3, 0.4) is 0 Å². The van der Waals surface area contributed by atoms with Crippen LogP contribution in [0.1, 0.15) is 68.7 Å². The van der Waals surface area contributed by atoms with E-state index in [0.717, 1.165) is 24.1 Å². The summed E-state index contributed by atoms with van der Waals surface area (Å²) in [6.45, 7) is 8.69. The van der Waals surface area contributed by atoms with E-state index >= 15 is 0 Å². The Kier molecular flexibility index (Phi) is 7.65. The molecule has 0 N–H and O–H groups in total. The number of ether oxygens (including phenoxy) is 2. The molecule has 4 rings (SSSR count). The predicted molar refractivity (Wildman–Crippen MR) is 130 cm³/mol. The highest BCUT2D eigenvalue weighted by atomic mass is 16.6. The second-order valence-corrected chi connectivity index (χ2v) is 9.30. The summed E-state index contributed by atoms with van der Waals surface area (Å²) in [4.78, 5) is 28.0. The highest BCUT2D eigenvalue weighted by Gasteiger charge is 2.26. The molecule has 2 heterocycles. The number of hydrogen-bond donors (Lipinski definition) is 0. The quantitative estimate of drug-likeness (QED) is 0.447. The Balaban J connectivity index is 1.36. The molecule has 0 radical (unpaired) electrons. The van der Waals surface area contributed by atoms with E-state index < -0.39 is 0 Å². The first-order valence-corrected chi connectivity index (χ1v) is 12.2. The number of aryl methyl sites for hydroxylation is 2. The molecule has 34 heavy (non-hydrogen) atoms. The number of rotatable bonds is 6. The number of likely N-dealkylation sites (tertiary alicyclic amines) is 1. The third-order valence-electron chi connectivity index (χ3n) is 6.34. The smallest absolute Gasteiger partial charge is 0.410 e. The number of fused-ring (bicyclic) bond motifs is 1. The first-order chi connectivity index (χ1) is 16.4. The summed E-state index contributed by atoms with van der Waals surface area (Å²) in [7, 11) is 0. The fourth-order valence-corrected chi connectivity index (χ4v) is 4.34. The van der Waals surface area contributed by atoms with Crippen molar-refractivity contribution in [2.24, 2.45) is 5.16 Å². The summed E-state index contributed by atoms with van der Waals surface area (Å²) in [5.74, 6) is 0.857. The fourth-order valence-electron chi connectivity index (χ4n) is 4.34. The largest absolute Gasteiger partial charge is 0.474 e. The van der Waals surface area contributed by atoms with Crippen LogP contribution in [0, 0.1) is 6.92 Å². The van der Waals surface area contributed by atoms with Crippen LogP contribution in [0.4, 0.5) is 4.79 Å². The van der Waals surface area contributed by atoms with Gasteiger partial charge < -0.3 is 19.2 Å². The van der Waals surface area contributed by atoms with Gasteiger partial charge in [-0.05, 0) is 76.1 Å². The summed E-state index contributed by atoms with van der Waals surface area (Å²) in [6, 6.07) is 6.54. The molecule has 2 aromatic rings. The molecular weight excluding hydrogens is 432 g/mol. The van der Waals surface area contributed by atoms with E-state index in [9.17, 15) is 4.79 Å². The van der Waals surface area contributed by atoms with Crippen LogP contribution in [0.2, 0.25) is 0 Å². The van der Waals surface area contributed by atoms with Crippen molar-refractivity contribution in [2.45, 2.75) is 78.4 Å². The lowest BCUT2D eigenvalue weighted by atomic mass is 9.90. The van der Waals surface area contributed by atoms with Crippen molar-refractivity contribution in [3.63, 3.8) is 0 Å². The number of hydrogen-bond acceptors (Lipinski definition) is 7. The molecular formula is C26H34N4O4. The third-order valence-corrected chi connectivity index (χ3v) is 6.34. The second-order valence-electron chi connectivity index (χ2n) is 9.30. The van der Waals surface area contributed by atoms with Crippen LogP contribution in [0.25, 0.3) is 0 Å². The van der Waals surface area contributed by atoms with Crippen LogP contribution in [-0.4, -0.2) is 52.0 Å². The average Bonchev–Trinajstić information content (AvgIpc) is 2.84. The van der Waals surface area contributed by atoms with Crippen molar-refractivity contribution in [3.05, 3.63) is 46.8 Å². The van der Waals surface area contributed by atoms with E-state index in [4.69, 9.17) is 14.3 Å². The van der Waals surface area contributed by atoms with Crippen LogP contribution in [0.5, 0.6) is 11.8 Å². The van der Waals surface area contributed by atoms with Crippen LogP contribution in [0.15, 0.2) is 29.7 Å². The number of piperidine rings is 1. The molecule has 0 atom stereocenters. The zero-order valence-corrected chi connectivity index (χ0v) is 20.5. The van der Waals surface area contributed by atoms with Gasteiger partial charge >= 0.3 is 6.09 Å². The normalized spacial score (nSPS) is 16.9. The number of aromatic nitrogens is 2. The average molecular weight is 467 g/mol. The van der Waals surface area contributed by atoms with E-state index in [1.807, 2.05) is 27.7 Å². The molecule has 1 fully saturated rings. The van der Waals surface area contributed by atoms with E-state index in [1.54, 1.807) is 4.90 Å². The van der Waals surface area contributed by atoms with Crippen molar-refractivity contribution in [2.75, 3.05) is 13.1 Å². The summed E-state index contributed by atoms with van der Waals surface area (Å²) in [6.07, 6.45) is 7.22. The third kappa shape index (κ3) is 5.85. The van der Waals surface area contributed by atoms with Gasteiger partial charge in [-0.15, -0.1) is 0 Å². The van der Waals surface area contributed by atoms with E-state index in [2.05, 4.69) is 33.3 Å². The van der Waals surface area contributed by atoms with Gasteiger partial charge in [0.15, 0.2) is 0 Å². The molecule has 2 aliphatic rings. The molecule has 182 valence electrons. The summed E-state index contributed by atoms with van der Waals surface area (Å²) < 4.78 is 11.4. The minimum atomic E-state index is -0.269. The molecule has 0 saturated carbocycles. The van der Waals surface area contributed by atoms with Gasteiger partial charge in [-0.1, -0.05) is 17.3 Å². The summed E-state index contributed by atoms with van der Waals surface area (Å²) in [5, 5.41) is 4.33. The molecule has 1 saturated heterocycles. The van der Waals surface area contributed by atoms with E-state index in [0.29, 0.717) is 43.3 Å². The first kappa shape index (κ1) is 24.0. The molecule has 1 aromatic carbocycles. The van der Waals surface area contributed by atoms with Crippen molar-refractivity contribution in [1.82, 2.24) is 14.9 Å². The molecule has 1 amide bonds. The highest BCUT2D eigenvalue weighted by molar-refractivity contribution is 5.98. The van der Waals surface area contributed by atoms with Gasteiger partial charge in [0.05, 0.1) is 17.4 Å². The number of carbonyl (C=O) groups excluding carboxylic acids is 1. The lowest BCUT2D eigenvalue weighted by molar-refractivity contribution is 0.0504. The maximum absolute atomic E-state index is 12.1.